The molecule has 0 aromatic rings. The van der Waals surface area contributed by atoms with Crippen molar-refractivity contribution in [3.05, 3.63) is 0 Å². The van der Waals surface area contributed by atoms with Crippen molar-refractivity contribution in [1.29, 1.82) is 0 Å². The molecule has 5 unspecified atom stereocenters. The van der Waals surface area contributed by atoms with Crippen molar-refractivity contribution < 1.29 is 75.2 Å². The van der Waals surface area contributed by atoms with E-state index in [9.17, 15) is 9.90 Å². The summed E-state index contributed by atoms with van der Waals surface area (Å²) in [5.74, 6) is -1.44. The molecule has 0 bridgehead atoms. The van der Waals surface area contributed by atoms with Crippen LogP contribution < -0.4 is 34.7 Å². The van der Waals surface area contributed by atoms with Gasteiger partial charge in [0.05, 0.1) is 25.3 Å². The number of aliphatic hydroxyl groups is 7. The van der Waals surface area contributed by atoms with Crippen LogP contribution in [-0.2, 0) is 4.79 Å². The van der Waals surface area contributed by atoms with Crippen LogP contribution in [0.25, 0.3) is 0 Å². The molecule has 110 valence electrons. The van der Waals surface area contributed by atoms with Gasteiger partial charge >= 0.3 is 29.6 Å². The van der Waals surface area contributed by atoms with E-state index in [1.165, 1.54) is 0 Å². The van der Waals surface area contributed by atoms with Crippen molar-refractivity contribution in [3.8, 4) is 0 Å². The minimum absolute atomic E-state index is 0. The molecule has 0 amide bonds. The smallest absolute Gasteiger partial charge is 0.547 e. The molecule has 0 spiro atoms. The van der Waals surface area contributed by atoms with Crippen LogP contribution >= 0.6 is 0 Å². The molecular weight excluding hydrogens is 275 g/mol. The zero-order chi connectivity index (χ0) is 14.9. The zero-order valence-corrected chi connectivity index (χ0v) is 12.7. The summed E-state index contributed by atoms with van der Waals surface area (Å²) in [5, 5.41) is 69.5. The first-order valence-corrected chi connectivity index (χ1v) is 5.01. The first kappa shape index (κ1) is 24.2. The van der Waals surface area contributed by atoms with Crippen molar-refractivity contribution in [2.45, 2.75) is 37.4 Å². The maximum atomic E-state index is 9.34. The third-order valence-electron chi connectivity index (χ3n) is 1.85. The van der Waals surface area contributed by atoms with Gasteiger partial charge < -0.3 is 45.6 Å². The fourth-order valence-electron chi connectivity index (χ4n) is 0.671. The quantitative estimate of drug-likeness (QED) is 0.234. The fourth-order valence-corrected chi connectivity index (χ4v) is 0.671. The van der Waals surface area contributed by atoms with E-state index in [0.29, 0.717) is 0 Å². The average Bonchev–Trinajstić information content (AvgIpc) is 2.35. The van der Waals surface area contributed by atoms with Gasteiger partial charge in [-0.3, -0.25) is 0 Å². The van der Waals surface area contributed by atoms with Gasteiger partial charge in [-0.15, -0.1) is 0 Å². The number of hydrogen-bond acceptors (Lipinski definition) is 9. The number of carboxylic acids is 1. The second-order valence-corrected chi connectivity index (χ2v) is 3.48. The van der Waals surface area contributed by atoms with Crippen LogP contribution in [0.3, 0.4) is 0 Å². The molecule has 0 fully saturated rings. The Morgan fingerprint density at radius 3 is 1.26 bits per heavy atom. The number of aliphatic carboxylic acids is 1. The molecule has 0 aromatic heterocycles. The van der Waals surface area contributed by atoms with Crippen LogP contribution in [0.15, 0.2) is 0 Å². The third kappa shape index (κ3) is 11.7. The van der Waals surface area contributed by atoms with Gasteiger partial charge in [0.1, 0.15) is 24.4 Å². The van der Waals surface area contributed by atoms with Gasteiger partial charge in [0, 0.05) is 0 Å². The summed E-state index contributed by atoms with van der Waals surface area (Å²) in [6.45, 7) is -0.317. The van der Waals surface area contributed by atoms with Crippen LogP contribution in [-0.4, -0.2) is 85.4 Å². The van der Waals surface area contributed by atoms with Gasteiger partial charge in [0.25, 0.3) is 0 Å². The molecular formula is C9H19NaO9. The largest absolute Gasteiger partial charge is 1.00 e. The van der Waals surface area contributed by atoms with Crippen molar-refractivity contribution in [2.75, 3.05) is 13.2 Å². The predicted molar refractivity (Wildman–Crippen MR) is 54.9 cm³/mol. The van der Waals surface area contributed by atoms with Crippen LogP contribution in [0.5, 0.6) is 0 Å². The number of rotatable bonds is 6. The van der Waals surface area contributed by atoms with Gasteiger partial charge in [0.2, 0.25) is 0 Å². The molecule has 0 saturated carbocycles. The van der Waals surface area contributed by atoms with Gasteiger partial charge in [-0.1, -0.05) is 0 Å². The monoisotopic (exact) mass is 294 g/mol. The Balaban J connectivity index is -0.000000313. The third-order valence-corrected chi connectivity index (χ3v) is 1.85. The predicted octanol–water partition coefficient (Wildman–Crippen LogP) is -8.46. The summed E-state index contributed by atoms with van der Waals surface area (Å²) in [7, 11) is 0. The maximum absolute atomic E-state index is 9.34. The minimum atomic E-state index is -1.67. The topological polar surface area (TPSA) is 182 Å². The summed E-state index contributed by atoms with van der Waals surface area (Å²) < 4.78 is 0. The summed E-state index contributed by atoms with van der Waals surface area (Å²) >= 11 is 0. The van der Waals surface area contributed by atoms with Crippen LogP contribution in [0, 0.1) is 0 Å². The Labute approximate surface area is 132 Å². The Bertz CT molecular complexity index is 212. The SMILES string of the molecule is CC(O)C(=O)[O-].OCC(O)C(O)C(O)C(O)CO.[Na+]. The standard InChI is InChI=1S/C6H14O6.C3H6O3.Na/c7-1-3(9)5(11)6(12)4(10)2-8;1-2(4)3(5)6;/h3-12H,1-2H2;2,4H,1H3,(H,5,6);/q;;+1/p-1. The van der Waals surface area contributed by atoms with E-state index in [2.05, 4.69) is 0 Å². The second kappa shape index (κ2) is 13.2. The number of hydrogen-bond donors (Lipinski definition) is 7. The molecule has 0 rings (SSSR count). The number of carbonyl (C=O) groups is 1. The summed E-state index contributed by atoms with van der Waals surface area (Å²) in [4.78, 5) is 9.34. The molecule has 0 aliphatic heterocycles. The molecule has 0 aliphatic rings. The van der Waals surface area contributed by atoms with Crippen molar-refractivity contribution in [2.24, 2.45) is 0 Å². The number of aliphatic hydroxyl groups excluding tert-OH is 7. The maximum Gasteiger partial charge on any atom is 1.00 e. The molecule has 0 aliphatic carbocycles. The van der Waals surface area contributed by atoms with E-state index < -0.39 is 49.7 Å². The number of carboxylic acid groups (broad SMARTS) is 1. The summed E-state index contributed by atoms with van der Waals surface area (Å²) in [6.07, 6.45) is -7.73. The molecule has 0 radical (unpaired) electrons. The molecule has 0 heterocycles. The van der Waals surface area contributed by atoms with E-state index in [-0.39, 0.29) is 29.6 Å². The van der Waals surface area contributed by atoms with Gasteiger partial charge in [-0.2, -0.15) is 0 Å². The van der Waals surface area contributed by atoms with Gasteiger partial charge in [0.15, 0.2) is 0 Å². The Morgan fingerprint density at radius 1 is 0.947 bits per heavy atom. The van der Waals surface area contributed by atoms with Crippen LogP contribution in [0.2, 0.25) is 0 Å². The second-order valence-electron chi connectivity index (χ2n) is 3.48. The Kier molecular flexibility index (Phi) is 16.8. The average molecular weight is 294 g/mol. The van der Waals surface area contributed by atoms with Gasteiger partial charge in [-0.25, -0.2) is 0 Å². The zero-order valence-electron chi connectivity index (χ0n) is 10.7. The van der Waals surface area contributed by atoms with Crippen molar-refractivity contribution in [3.63, 3.8) is 0 Å². The number of carbonyl (C=O) groups excluding carboxylic acids is 1. The first-order chi connectivity index (χ1) is 8.18. The van der Waals surface area contributed by atoms with E-state index >= 15 is 0 Å². The van der Waals surface area contributed by atoms with Gasteiger partial charge in [-0.05, 0) is 6.92 Å². The molecule has 9 nitrogen and oxygen atoms in total. The minimum Gasteiger partial charge on any atom is -0.547 e. The molecule has 0 aromatic carbocycles. The van der Waals surface area contributed by atoms with E-state index in [1.807, 2.05) is 0 Å². The van der Waals surface area contributed by atoms with Crippen molar-refractivity contribution >= 4 is 5.97 Å². The van der Waals surface area contributed by atoms with Crippen LogP contribution in [0.4, 0.5) is 0 Å². The molecule has 10 heteroatoms. The normalized spacial score (nSPS) is 17.9. The summed E-state index contributed by atoms with van der Waals surface area (Å²) in [6, 6.07) is 0. The van der Waals surface area contributed by atoms with Crippen LogP contribution in [0.1, 0.15) is 6.92 Å². The first-order valence-electron chi connectivity index (χ1n) is 5.01. The Morgan fingerprint density at radius 2 is 1.16 bits per heavy atom. The Hall–Kier alpha value is 0.190. The van der Waals surface area contributed by atoms with E-state index in [0.717, 1.165) is 6.92 Å². The molecule has 19 heavy (non-hydrogen) atoms. The van der Waals surface area contributed by atoms with E-state index in [1.54, 1.807) is 0 Å². The molecule has 0 saturated heterocycles. The summed E-state index contributed by atoms with van der Waals surface area (Å²) in [5.41, 5.74) is 0. The fraction of sp³-hybridized carbons (Fsp3) is 0.889. The van der Waals surface area contributed by atoms with Crippen molar-refractivity contribution in [1.82, 2.24) is 0 Å². The molecule has 7 N–H and O–H groups in total. The van der Waals surface area contributed by atoms with E-state index in [4.69, 9.17) is 35.7 Å². The molecule has 5 atom stereocenters.